The Morgan fingerprint density at radius 3 is 2.50 bits per heavy atom. The first-order valence-corrected chi connectivity index (χ1v) is 6.52. The molecule has 0 bridgehead atoms. The number of non-ortho nitro benzene ring substituents is 1. The normalized spacial score (nSPS) is 12.2. The lowest BCUT2D eigenvalue weighted by molar-refractivity contribution is -0.384. The molecule has 0 fully saturated rings. The second-order valence-corrected chi connectivity index (χ2v) is 4.84. The summed E-state index contributed by atoms with van der Waals surface area (Å²) in [6.45, 7) is 0. The Morgan fingerprint density at radius 2 is 1.86 bits per heavy atom. The zero-order valence-corrected chi connectivity index (χ0v) is 11.4. The number of rotatable bonds is 4. The summed E-state index contributed by atoms with van der Waals surface area (Å²) in [5, 5.41) is 10.7. The second kappa shape index (κ2) is 5.28. The average Bonchev–Trinajstić information content (AvgIpc) is 2.95. The Bertz CT molecular complexity index is 855. The number of imidazole rings is 1. The first-order valence-electron chi connectivity index (χ1n) is 6.52. The van der Waals surface area contributed by atoms with E-state index in [2.05, 4.69) is 4.98 Å². The van der Waals surface area contributed by atoms with Gasteiger partial charge in [0.1, 0.15) is 5.65 Å². The van der Waals surface area contributed by atoms with Crippen molar-refractivity contribution < 1.29 is 9.72 Å². The maximum Gasteiger partial charge on any atom is 0.269 e. The highest BCUT2D eigenvalue weighted by atomic mass is 16.6. The maximum absolute atomic E-state index is 11.9. The first-order chi connectivity index (χ1) is 10.6. The molecular formula is C15H12N4O3. The van der Waals surface area contributed by atoms with Crippen LogP contribution in [0.3, 0.4) is 0 Å². The molecule has 3 rings (SSSR count). The Kier molecular flexibility index (Phi) is 3.30. The number of primary amides is 1. The number of fused-ring (bicyclic) bond motifs is 1. The van der Waals surface area contributed by atoms with Crippen LogP contribution in [-0.2, 0) is 4.79 Å². The number of benzene rings is 1. The van der Waals surface area contributed by atoms with Gasteiger partial charge in [-0.15, -0.1) is 0 Å². The number of nitro groups is 1. The molecule has 3 aromatic rings. The summed E-state index contributed by atoms with van der Waals surface area (Å²) in [5.41, 5.74) is 7.56. The third-order valence-corrected chi connectivity index (χ3v) is 3.47. The summed E-state index contributed by atoms with van der Waals surface area (Å²) < 4.78 is 1.79. The van der Waals surface area contributed by atoms with E-state index in [1.807, 2.05) is 0 Å². The number of carbonyl (C=O) groups excluding carboxylic acids is 1. The van der Waals surface area contributed by atoms with E-state index < -0.39 is 16.7 Å². The molecule has 7 heteroatoms. The van der Waals surface area contributed by atoms with Crippen molar-refractivity contribution in [1.29, 1.82) is 0 Å². The van der Waals surface area contributed by atoms with Gasteiger partial charge in [0.25, 0.3) is 5.69 Å². The van der Waals surface area contributed by atoms with Crippen LogP contribution >= 0.6 is 0 Å². The van der Waals surface area contributed by atoms with Gasteiger partial charge in [-0.25, -0.2) is 4.98 Å². The lowest BCUT2D eigenvalue weighted by atomic mass is 9.91. The summed E-state index contributed by atoms with van der Waals surface area (Å²) in [6.07, 6.45) is 5.20. The smallest absolute Gasteiger partial charge is 0.269 e. The van der Waals surface area contributed by atoms with Gasteiger partial charge in [0.2, 0.25) is 5.91 Å². The Morgan fingerprint density at radius 1 is 1.18 bits per heavy atom. The fourth-order valence-electron chi connectivity index (χ4n) is 2.42. The van der Waals surface area contributed by atoms with Gasteiger partial charge in [0, 0.05) is 30.7 Å². The van der Waals surface area contributed by atoms with Crippen molar-refractivity contribution in [2.45, 2.75) is 5.92 Å². The number of nitro benzene ring substituents is 1. The molecule has 2 N–H and O–H groups in total. The molecule has 110 valence electrons. The van der Waals surface area contributed by atoms with Crippen LogP contribution in [0.2, 0.25) is 0 Å². The van der Waals surface area contributed by atoms with Crippen LogP contribution < -0.4 is 5.73 Å². The predicted molar refractivity (Wildman–Crippen MR) is 79.3 cm³/mol. The molecule has 1 amide bonds. The van der Waals surface area contributed by atoms with Gasteiger partial charge in [0.15, 0.2) is 0 Å². The number of nitrogens with zero attached hydrogens (tertiary/aromatic N) is 3. The first kappa shape index (κ1) is 13.7. The van der Waals surface area contributed by atoms with E-state index in [-0.39, 0.29) is 5.69 Å². The van der Waals surface area contributed by atoms with Gasteiger partial charge in [0.05, 0.1) is 10.8 Å². The predicted octanol–water partition coefficient (Wildman–Crippen LogP) is 1.86. The fraction of sp³-hybridized carbons (Fsp3) is 0.0667. The molecule has 0 aliphatic heterocycles. The SMILES string of the molecule is NC(=O)C(c1ccc([N+](=O)[O-])cc1)c1ccc2nccn2c1. The minimum atomic E-state index is -0.674. The Labute approximate surface area is 125 Å². The van der Waals surface area contributed by atoms with Crippen molar-refractivity contribution >= 4 is 17.2 Å². The van der Waals surface area contributed by atoms with Gasteiger partial charge in [-0.05, 0) is 17.2 Å². The van der Waals surface area contributed by atoms with Crippen LogP contribution in [0.25, 0.3) is 5.65 Å². The van der Waals surface area contributed by atoms with Gasteiger partial charge in [-0.1, -0.05) is 18.2 Å². The van der Waals surface area contributed by atoms with Crippen LogP contribution in [0.15, 0.2) is 55.0 Å². The summed E-state index contributed by atoms with van der Waals surface area (Å²) >= 11 is 0. The standard InChI is InChI=1S/C15H12N4O3/c16-15(20)14(10-1-4-12(5-2-10)19(21)22)11-3-6-13-17-7-8-18(13)9-11/h1-9,14H,(H2,16,20). The van der Waals surface area contributed by atoms with Crippen molar-refractivity contribution in [2.24, 2.45) is 5.73 Å². The van der Waals surface area contributed by atoms with E-state index >= 15 is 0 Å². The molecule has 1 aromatic carbocycles. The minimum Gasteiger partial charge on any atom is -0.369 e. The minimum absolute atomic E-state index is 0.0305. The molecule has 0 saturated heterocycles. The van der Waals surface area contributed by atoms with Crippen molar-refractivity contribution in [3.63, 3.8) is 0 Å². The monoisotopic (exact) mass is 296 g/mol. The number of hydrogen-bond donors (Lipinski definition) is 1. The van der Waals surface area contributed by atoms with Crippen LogP contribution in [0, 0.1) is 10.1 Å². The molecule has 0 saturated carbocycles. The molecule has 0 radical (unpaired) electrons. The van der Waals surface area contributed by atoms with Crippen molar-refractivity contribution in [2.75, 3.05) is 0 Å². The number of hydrogen-bond acceptors (Lipinski definition) is 4. The van der Waals surface area contributed by atoms with Gasteiger partial charge < -0.3 is 10.1 Å². The van der Waals surface area contributed by atoms with Crippen LogP contribution in [0.5, 0.6) is 0 Å². The summed E-state index contributed by atoms with van der Waals surface area (Å²) in [6, 6.07) is 9.38. The average molecular weight is 296 g/mol. The molecule has 22 heavy (non-hydrogen) atoms. The summed E-state index contributed by atoms with van der Waals surface area (Å²) in [7, 11) is 0. The maximum atomic E-state index is 11.9. The van der Waals surface area contributed by atoms with E-state index in [4.69, 9.17) is 5.73 Å². The van der Waals surface area contributed by atoms with E-state index in [1.165, 1.54) is 12.1 Å². The highest BCUT2D eigenvalue weighted by Gasteiger charge is 2.21. The van der Waals surface area contributed by atoms with Gasteiger partial charge in [-0.2, -0.15) is 0 Å². The largest absolute Gasteiger partial charge is 0.369 e. The van der Waals surface area contributed by atoms with E-state index in [1.54, 1.807) is 47.3 Å². The summed E-state index contributed by atoms with van der Waals surface area (Å²) in [5.74, 6) is -1.19. The zero-order chi connectivity index (χ0) is 15.7. The highest BCUT2D eigenvalue weighted by molar-refractivity contribution is 5.85. The van der Waals surface area contributed by atoms with Crippen molar-refractivity contribution in [1.82, 2.24) is 9.38 Å². The fourth-order valence-corrected chi connectivity index (χ4v) is 2.42. The molecule has 7 nitrogen and oxygen atoms in total. The van der Waals surface area contributed by atoms with Gasteiger partial charge >= 0.3 is 0 Å². The lowest BCUT2D eigenvalue weighted by Crippen LogP contribution is -2.22. The number of pyridine rings is 1. The molecule has 0 aliphatic carbocycles. The van der Waals surface area contributed by atoms with Crippen molar-refractivity contribution in [3.05, 3.63) is 76.2 Å². The Balaban J connectivity index is 2.05. The topological polar surface area (TPSA) is 104 Å². The molecule has 1 unspecified atom stereocenters. The third-order valence-electron chi connectivity index (χ3n) is 3.47. The number of aromatic nitrogens is 2. The highest BCUT2D eigenvalue weighted by Crippen LogP contribution is 2.26. The van der Waals surface area contributed by atoms with E-state index in [0.29, 0.717) is 11.1 Å². The number of nitrogens with two attached hydrogens (primary N) is 1. The van der Waals surface area contributed by atoms with E-state index in [0.717, 1.165) is 5.65 Å². The lowest BCUT2D eigenvalue weighted by Gasteiger charge is -2.14. The number of carbonyl (C=O) groups is 1. The van der Waals surface area contributed by atoms with Crippen LogP contribution in [0.4, 0.5) is 5.69 Å². The molecular weight excluding hydrogens is 284 g/mol. The number of amides is 1. The molecule has 2 aromatic heterocycles. The molecule has 0 aliphatic rings. The van der Waals surface area contributed by atoms with Crippen LogP contribution in [0.1, 0.15) is 17.0 Å². The molecule has 1 atom stereocenters. The molecule has 2 heterocycles. The zero-order valence-electron chi connectivity index (χ0n) is 11.4. The van der Waals surface area contributed by atoms with Gasteiger partial charge in [-0.3, -0.25) is 14.9 Å². The second-order valence-electron chi connectivity index (χ2n) is 4.84. The van der Waals surface area contributed by atoms with Crippen molar-refractivity contribution in [3.8, 4) is 0 Å². The summed E-state index contributed by atoms with van der Waals surface area (Å²) in [4.78, 5) is 26.2. The van der Waals surface area contributed by atoms with Crippen LogP contribution in [-0.4, -0.2) is 20.2 Å². The third kappa shape index (κ3) is 2.39. The Hall–Kier alpha value is -3.22. The molecule has 0 spiro atoms. The quantitative estimate of drug-likeness (QED) is 0.586. The van der Waals surface area contributed by atoms with E-state index in [9.17, 15) is 14.9 Å².